The Kier molecular flexibility index (Phi) is 12.3. The molecule has 36 heavy (non-hydrogen) atoms. The van der Waals surface area contributed by atoms with Gasteiger partial charge in [-0.2, -0.15) is 0 Å². The number of carbonyl (C=O) groups excluding carboxylic acids is 4. The third-order valence-corrected chi connectivity index (χ3v) is 6.40. The molecule has 1 aromatic heterocycles. The summed E-state index contributed by atoms with van der Waals surface area (Å²) in [7, 11) is 0. The average Bonchev–Trinajstić information content (AvgIpc) is 3.33. The number of rotatable bonds is 13. The topological polar surface area (TPSA) is 168 Å². The van der Waals surface area contributed by atoms with E-state index in [9.17, 15) is 29.3 Å². The van der Waals surface area contributed by atoms with Crippen molar-refractivity contribution in [3.8, 4) is 0 Å². The standard InChI is InChI=1S/C22H36N8O6/c23-21(34)20(5-3-1-2-4-7-29-8-6-24-22(29)30(35)36)28-15-13-26(18-32)11-9-25(17-31)10-12-27(19-33)14-16-28/h6,8,17-20H,1-5,7,9-16H2,(H2,23,34). The monoisotopic (exact) mass is 508 g/mol. The molecule has 1 atom stereocenters. The largest absolute Gasteiger partial charge is 0.434 e. The molecule has 4 amide bonds. The first-order valence-corrected chi connectivity index (χ1v) is 12.2. The molecule has 2 rings (SSSR count). The molecule has 14 heteroatoms. The molecule has 1 fully saturated rings. The van der Waals surface area contributed by atoms with Gasteiger partial charge in [-0.15, -0.1) is 0 Å². The number of nitrogens with two attached hydrogens (primary N) is 1. The van der Waals surface area contributed by atoms with Gasteiger partial charge in [0, 0.05) is 52.4 Å². The minimum absolute atomic E-state index is 0.174. The van der Waals surface area contributed by atoms with E-state index in [0.29, 0.717) is 71.7 Å². The predicted molar refractivity (Wildman–Crippen MR) is 129 cm³/mol. The van der Waals surface area contributed by atoms with Crippen molar-refractivity contribution < 1.29 is 24.1 Å². The van der Waals surface area contributed by atoms with Crippen LogP contribution in [0.3, 0.4) is 0 Å². The van der Waals surface area contributed by atoms with Crippen LogP contribution < -0.4 is 5.73 Å². The van der Waals surface area contributed by atoms with Gasteiger partial charge in [0.05, 0.1) is 12.6 Å². The highest BCUT2D eigenvalue weighted by atomic mass is 16.6. The van der Waals surface area contributed by atoms with E-state index in [-0.39, 0.29) is 5.95 Å². The fourth-order valence-corrected chi connectivity index (χ4v) is 4.23. The molecule has 0 saturated carbocycles. The predicted octanol–water partition coefficient (Wildman–Crippen LogP) is -0.713. The Hall–Kier alpha value is -3.55. The first-order valence-electron chi connectivity index (χ1n) is 12.2. The molecular weight excluding hydrogens is 472 g/mol. The lowest BCUT2D eigenvalue weighted by Gasteiger charge is -2.34. The van der Waals surface area contributed by atoms with Gasteiger partial charge in [-0.25, -0.2) is 4.57 Å². The van der Waals surface area contributed by atoms with Crippen LogP contribution in [0.25, 0.3) is 0 Å². The SMILES string of the molecule is NC(=O)C(CCCCCCn1ccnc1[N+](=O)[O-])N1CCN(C=O)CCN(C=O)CCN(C=O)CC1. The molecule has 2 heterocycles. The van der Waals surface area contributed by atoms with Crippen LogP contribution in [0.4, 0.5) is 5.95 Å². The number of nitrogens with zero attached hydrogens (tertiary/aromatic N) is 7. The van der Waals surface area contributed by atoms with E-state index < -0.39 is 16.9 Å². The van der Waals surface area contributed by atoms with Crippen LogP contribution >= 0.6 is 0 Å². The number of aromatic nitrogens is 2. The van der Waals surface area contributed by atoms with E-state index in [4.69, 9.17) is 5.73 Å². The van der Waals surface area contributed by atoms with Crippen LogP contribution in [-0.2, 0) is 25.7 Å². The summed E-state index contributed by atoms with van der Waals surface area (Å²) in [5.41, 5.74) is 5.74. The fraction of sp³-hybridized carbons (Fsp3) is 0.682. The number of amides is 4. The second-order valence-corrected chi connectivity index (χ2v) is 8.76. The smallest absolute Gasteiger partial charge is 0.390 e. The van der Waals surface area contributed by atoms with Crippen molar-refractivity contribution in [3.63, 3.8) is 0 Å². The minimum atomic E-state index is -0.545. The van der Waals surface area contributed by atoms with Crippen molar-refractivity contribution in [2.45, 2.75) is 44.7 Å². The van der Waals surface area contributed by atoms with E-state index >= 15 is 0 Å². The Balaban J connectivity index is 1.91. The Morgan fingerprint density at radius 3 is 1.89 bits per heavy atom. The lowest BCUT2D eigenvalue weighted by atomic mass is 10.0. The maximum Gasteiger partial charge on any atom is 0.434 e. The summed E-state index contributed by atoms with van der Waals surface area (Å²) in [5.74, 6) is -0.634. The molecule has 14 nitrogen and oxygen atoms in total. The number of nitro groups is 1. The molecule has 0 spiro atoms. The average molecular weight is 509 g/mol. The van der Waals surface area contributed by atoms with Crippen molar-refractivity contribution in [1.82, 2.24) is 29.2 Å². The van der Waals surface area contributed by atoms with E-state index in [1.165, 1.54) is 15.7 Å². The van der Waals surface area contributed by atoms with Crippen molar-refractivity contribution in [2.75, 3.05) is 52.4 Å². The van der Waals surface area contributed by atoms with Crippen LogP contribution in [0.5, 0.6) is 0 Å². The van der Waals surface area contributed by atoms with Crippen LogP contribution in [-0.4, -0.2) is 118 Å². The maximum absolute atomic E-state index is 12.3. The Bertz CT molecular complexity index is 841. The second-order valence-electron chi connectivity index (χ2n) is 8.76. The summed E-state index contributed by atoms with van der Waals surface area (Å²) < 4.78 is 1.51. The quantitative estimate of drug-likeness (QED) is 0.158. The van der Waals surface area contributed by atoms with Crippen molar-refractivity contribution >= 4 is 31.1 Å². The number of hydrogen-bond donors (Lipinski definition) is 1. The van der Waals surface area contributed by atoms with Crippen LogP contribution in [0, 0.1) is 10.1 Å². The van der Waals surface area contributed by atoms with Crippen molar-refractivity contribution in [2.24, 2.45) is 5.73 Å². The summed E-state index contributed by atoms with van der Waals surface area (Å²) in [6.07, 6.45) is 8.81. The zero-order valence-corrected chi connectivity index (χ0v) is 20.5. The third kappa shape index (κ3) is 9.24. The van der Waals surface area contributed by atoms with Crippen molar-refractivity contribution in [1.29, 1.82) is 0 Å². The number of unbranched alkanes of at least 4 members (excludes halogenated alkanes) is 3. The Morgan fingerprint density at radius 1 is 0.917 bits per heavy atom. The van der Waals surface area contributed by atoms with Gasteiger partial charge in [-0.3, -0.25) is 24.1 Å². The van der Waals surface area contributed by atoms with Crippen LogP contribution in [0.2, 0.25) is 0 Å². The van der Waals surface area contributed by atoms with E-state index in [0.717, 1.165) is 38.5 Å². The van der Waals surface area contributed by atoms with Gasteiger partial charge in [0.1, 0.15) is 12.4 Å². The Morgan fingerprint density at radius 2 is 1.42 bits per heavy atom. The van der Waals surface area contributed by atoms with Gasteiger partial charge in [-0.05, 0) is 17.8 Å². The summed E-state index contributed by atoms with van der Waals surface area (Å²) >= 11 is 0. The zero-order chi connectivity index (χ0) is 26.3. The van der Waals surface area contributed by atoms with E-state index in [2.05, 4.69) is 4.98 Å². The lowest BCUT2D eigenvalue weighted by molar-refractivity contribution is -0.396. The maximum atomic E-state index is 12.3. The summed E-state index contributed by atoms with van der Waals surface area (Å²) in [6.45, 7) is 3.46. The third-order valence-electron chi connectivity index (χ3n) is 6.40. The number of imidazole rings is 1. The van der Waals surface area contributed by atoms with Gasteiger partial charge in [0.2, 0.25) is 25.1 Å². The van der Waals surface area contributed by atoms with Gasteiger partial charge < -0.3 is 30.5 Å². The molecule has 0 bridgehead atoms. The zero-order valence-electron chi connectivity index (χ0n) is 20.5. The molecule has 0 aromatic carbocycles. The van der Waals surface area contributed by atoms with E-state index in [1.54, 1.807) is 16.0 Å². The fourth-order valence-electron chi connectivity index (χ4n) is 4.23. The number of hydrogen-bond acceptors (Lipinski definition) is 8. The summed E-state index contributed by atoms with van der Waals surface area (Å²) in [6, 6.07) is -0.545. The summed E-state index contributed by atoms with van der Waals surface area (Å²) in [4.78, 5) is 67.4. The minimum Gasteiger partial charge on any atom is -0.390 e. The highest BCUT2D eigenvalue weighted by Gasteiger charge is 2.25. The number of carbonyl (C=O) groups is 4. The Labute approximate surface area is 210 Å². The highest BCUT2D eigenvalue weighted by molar-refractivity contribution is 5.79. The molecule has 1 saturated heterocycles. The first kappa shape index (κ1) is 28.7. The molecule has 1 aromatic rings. The summed E-state index contributed by atoms with van der Waals surface area (Å²) in [5, 5.41) is 11.0. The second kappa shape index (κ2) is 15.4. The lowest BCUT2D eigenvalue weighted by Crippen LogP contribution is -2.51. The molecule has 1 unspecified atom stereocenters. The molecule has 2 N–H and O–H groups in total. The number of primary amides is 1. The molecule has 1 aliphatic rings. The van der Waals surface area contributed by atoms with Gasteiger partial charge >= 0.3 is 5.95 Å². The van der Waals surface area contributed by atoms with Crippen LogP contribution in [0.15, 0.2) is 12.4 Å². The first-order chi connectivity index (χ1) is 17.4. The molecule has 1 aliphatic heterocycles. The molecule has 200 valence electrons. The van der Waals surface area contributed by atoms with Crippen molar-refractivity contribution in [3.05, 3.63) is 22.5 Å². The molecular formula is C22H36N8O6. The van der Waals surface area contributed by atoms with Gasteiger partial charge in [-0.1, -0.05) is 24.2 Å². The molecule has 0 radical (unpaired) electrons. The van der Waals surface area contributed by atoms with Gasteiger partial charge in [0.15, 0.2) is 0 Å². The van der Waals surface area contributed by atoms with Gasteiger partial charge in [0.25, 0.3) is 0 Å². The normalized spacial score (nSPS) is 17.1. The highest BCUT2D eigenvalue weighted by Crippen LogP contribution is 2.14. The van der Waals surface area contributed by atoms with Crippen LogP contribution in [0.1, 0.15) is 32.1 Å². The number of aryl methyl sites for hydroxylation is 1. The van der Waals surface area contributed by atoms with E-state index in [1.807, 2.05) is 4.90 Å². The molecule has 0 aliphatic carbocycles.